The van der Waals surface area contributed by atoms with Gasteiger partial charge in [0.1, 0.15) is 0 Å². The molecule has 5 nitrogen and oxygen atoms in total. The molecule has 0 bridgehead atoms. The third kappa shape index (κ3) is 4.01. The molecule has 20 heavy (non-hydrogen) atoms. The number of hydrogen-bond donors (Lipinski definition) is 1. The third-order valence-electron chi connectivity index (χ3n) is 2.68. The summed E-state index contributed by atoms with van der Waals surface area (Å²) in [6, 6.07) is 8.19. The molecule has 1 aromatic heterocycles. The minimum Gasteiger partial charge on any atom is -0.352 e. The van der Waals surface area contributed by atoms with Crippen LogP contribution < -0.4 is 5.32 Å². The molecule has 1 aromatic carbocycles. The molecule has 1 heterocycles. The Hall–Kier alpha value is -1.48. The average molecular weight is 402 g/mol. The van der Waals surface area contributed by atoms with Gasteiger partial charge in [-0.25, -0.2) is 0 Å². The maximum atomic E-state index is 11.8. The third-order valence-corrected chi connectivity index (χ3v) is 4.47. The number of hydrogen-bond acceptors (Lipinski definition) is 4. The predicted octanol–water partition coefficient (Wildman–Crippen LogP) is 3.23. The van der Waals surface area contributed by atoms with Crippen molar-refractivity contribution in [2.24, 2.45) is 0 Å². The van der Waals surface area contributed by atoms with Gasteiger partial charge in [0.15, 0.2) is 0 Å². The van der Waals surface area contributed by atoms with Gasteiger partial charge in [-0.3, -0.25) is 14.9 Å². The van der Waals surface area contributed by atoms with E-state index in [1.54, 1.807) is 12.1 Å². The maximum Gasteiger partial charge on any atom is 0.269 e. The van der Waals surface area contributed by atoms with E-state index in [9.17, 15) is 14.9 Å². The van der Waals surface area contributed by atoms with Crippen molar-refractivity contribution in [3.8, 4) is 0 Å². The van der Waals surface area contributed by atoms with Crippen LogP contribution in [0.5, 0.6) is 0 Å². The van der Waals surface area contributed by atoms with Crippen LogP contribution in [0.25, 0.3) is 0 Å². The molecule has 0 radical (unpaired) electrons. The van der Waals surface area contributed by atoms with Crippen molar-refractivity contribution in [3.63, 3.8) is 0 Å². The second kappa shape index (κ2) is 6.80. The summed E-state index contributed by atoms with van der Waals surface area (Å²) in [5.41, 5.74) is 1.70. The Morgan fingerprint density at radius 3 is 2.60 bits per heavy atom. The van der Waals surface area contributed by atoms with E-state index in [1.165, 1.54) is 23.5 Å². The van der Waals surface area contributed by atoms with Gasteiger partial charge in [0, 0.05) is 24.1 Å². The Labute approximate surface area is 133 Å². The monoisotopic (exact) mass is 402 g/mol. The van der Waals surface area contributed by atoms with Crippen LogP contribution in [0.2, 0.25) is 0 Å². The standard InChI is InChI=1S/C13H11IN2O3S/c14-12-7-10(8-20-12)13(17)15-6-5-9-1-3-11(4-2-9)16(18)19/h1-4,7-8H,5-6H2,(H,15,17). The van der Waals surface area contributed by atoms with Gasteiger partial charge >= 0.3 is 0 Å². The highest BCUT2D eigenvalue weighted by molar-refractivity contribution is 14.1. The van der Waals surface area contributed by atoms with Crippen LogP contribution in [-0.4, -0.2) is 17.4 Å². The number of thiophene rings is 1. The fourth-order valence-electron chi connectivity index (χ4n) is 1.64. The molecule has 1 amide bonds. The van der Waals surface area contributed by atoms with Crippen molar-refractivity contribution in [3.05, 3.63) is 59.8 Å². The number of nitrogens with one attached hydrogen (secondary N) is 1. The van der Waals surface area contributed by atoms with Gasteiger partial charge in [-0.05, 0) is 40.6 Å². The van der Waals surface area contributed by atoms with Crippen molar-refractivity contribution in [1.29, 1.82) is 0 Å². The number of carbonyl (C=O) groups excluding carboxylic acids is 1. The highest BCUT2D eigenvalue weighted by Crippen LogP contribution is 2.16. The SMILES string of the molecule is O=C(NCCc1ccc([N+](=O)[O-])cc1)c1csc(I)c1. The molecule has 2 aromatic rings. The van der Waals surface area contributed by atoms with E-state index in [0.29, 0.717) is 18.5 Å². The van der Waals surface area contributed by atoms with Crippen LogP contribution in [0.1, 0.15) is 15.9 Å². The van der Waals surface area contributed by atoms with E-state index < -0.39 is 4.92 Å². The summed E-state index contributed by atoms with van der Waals surface area (Å²) in [6.45, 7) is 0.503. The van der Waals surface area contributed by atoms with E-state index in [4.69, 9.17) is 0 Å². The molecule has 0 spiro atoms. The van der Waals surface area contributed by atoms with Gasteiger partial charge in [0.25, 0.3) is 11.6 Å². The first-order valence-corrected chi connectivity index (χ1v) is 7.77. The highest BCUT2D eigenvalue weighted by atomic mass is 127. The number of nitrogens with zero attached hydrogens (tertiary/aromatic N) is 1. The molecular weight excluding hydrogens is 391 g/mol. The summed E-state index contributed by atoms with van der Waals surface area (Å²) >= 11 is 3.70. The Balaban J connectivity index is 1.83. The molecule has 0 saturated carbocycles. The number of nitro groups is 1. The summed E-state index contributed by atoms with van der Waals surface area (Å²) < 4.78 is 1.07. The molecule has 0 aliphatic carbocycles. The number of carbonyl (C=O) groups is 1. The fourth-order valence-corrected chi connectivity index (χ4v) is 2.96. The van der Waals surface area contributed by atoms with E-state index in [-0.39, 0.29) is 11.6 Å². The van der Waals surface area contributed by atoms with E-state index in [0.717, 1.165) is 8.45 Å². The van der Waals surface area contributed by atoms with Crippen molar-refractivity contribution in [2.45, 2.75) is 6.42 Å². The molecule has 1 N–H and O–H groups in total. The quantitative estimate of drug-likeness (QED) is 0.474. The Morgan fingerprint density at radius 1 is 1.35 bits per heavy atom. The van der Waals surface area contributed by atoms with Crippen LogP contribution in [0, 0.1) is 13.0 Å². The largest absolute Gasteiger partial charge is 0.352 e. The Morgan fingerprint density at radius 2 is 2.05 bits per heavy atom. The van der Waals surface area contributed by atoms with Gasteiger partial charge in [-0.2, -0.15) is 0 Å². The maximum absolute atomic E-state index is 11.8. The molecular formula is C13H11IN2O3S. The smallest absolute Gasteiger partial charge is 0.269 e. The van der Waals surface area contributed by atoms with Gasteiger partial charge < -0.3 is 5.32 Å². The molecule has 104 valence electrons. The summed E-state index contributed by atoms with van der Waals surface area (Å²) in [4.78, 5) is 21.9. The Bertz CT molecular complexity index is 625. The molecule has 0 aliphatic heterocycles. The number of benzene rings is 1. The van der Waals surface area contributed by atoms with Crippen LogP contribution in [0.4, 0.5) is 5.69 Å². The molecule has 0 saturated heterocycles. The average Bonchev–Trinajstić information content (AvgIpc) is 2.86. The lowest BCUT2D eigenvalue weighted by molar-refractivity contribution is -0.384. The topological polar surface area (TPSA) is 72.2 Å². The first kappa shape index (κ1) is 14.9. The number of nitro benzene ring substituents is 1. The molecule has 0 aliphatic rings. The zero-order valence-electron chi connectivity index (χ0n) is 10.3. The number of amides is 1. The van der Waals surface area contributed by atoms with Crippen molar-refractivity contribution in [2.75, 3.05) is 6.54 Å². The second-order valence-corrected chi connectivity index (χ2v) is 6.87. The van der Waals surface area contributed by atoms with Gasteiger partial charge in [0.05, 0.1) is 13.4 Å². The molecule has 2 rings (SSSR count). The second-order valence-electron chi connectivity index (χ2n) is 4.07. The first-order valence-electron chi connectivity index (χ1n) is 5.82. The number of halogens is 1. The fraction of sp³-hybridized carbons (Fsp3) is 0.154. The predicted molar refractivity (Wildman–Crippen MR) is 86.2 cm³/mol. The van der Waals surface area contributed by atoms with Crippen molar-refractivity contribution in [1.82, 2.24) is 5.32 Å². The summed E-state index contributed by atoms with van der Waals surface area (Å²) in [6.07, 6.45) is 0.644. The zero-order valence-corrected chi connectivity index (χ0v) is 13.3. The molecule has 0 atom stereocenters. The number of non-ortho nitro benzene ring substituents is 1. The van der Waals surface area contributed by atoms with Crippen LogP contribution in [-0.2, 0) is 6.42 Å². The molecule has 0 unspecified atom stereocenters. The lowest BCUT2D eigenvalue weighted by Crippen LogP contribution is -2.25. The van der Waals surface area contributed by atoms with Crippen LogP contribution in [0.15, 0.2) is 35.7 Å². The lowest BCUT2D eigenvalue weighted by atomic mass is 10.1. The zero-order chi connectivity index (χ0) is 14.5. The van der Waals surface area contributed by atoms with Gasteiger partial charge in [-0.15, -0.1) is 11.3 Å². The molecule has 7 heteroatoms. The van der Waals surface area contributed by atoms with Crippen molar-refractivity contribution < 1.29 is 9.72 Å². The van der Waals surface area contributed by atoms with E-state index in [1.807, 2.05) is 11.4 Å². The normalized spacial score (nSPS) is 10.2. The number of rotatable bonds is 5. The van der Waals surface area contributed by atoms with Crippen LogP contribution >= 0.6 is 33.9 Å². The van der Waals surface area contributed by atoms with E-state index >= 15 is 0 Å². The van der Waals surface area contributed by atoms with Gasteiger partial charge in [-0.1, -0.05) is 12.1 Å². The Kier molecular flexibility index (Phi) is 5.07. The first-order chi connectivity index (χ1) is 9.56. The minimum absolute atomic E-state index is 0.0747. The van der Waals surface area contributed by atoms with Crippen LogP contribution in [0.3, 0.4) is 0 Å². The van der Waals surface area contributed by atoms with Gasteiger partial charge in [0.2, 0.25) is 0 Å². The molecule has 0 fully saturated rings. The van der Waals surface area contributed by atoms with E-state index in [2.05, 4.69) is 27.9 Å². The lowest BCUT2D eigenvalue weighted by Gasteiger charge is -2.04. The van der Waals surface area contributed by atoms with Crippen molar-refractivity contribution >= 4 is 45.5 Å². The summed E-state index contributed by atoms with van der Waals surface area (Å²) in [7, 11) is 0. The summed E-state index contributed by atoms with van der Waals surface area (Å²) in [5.74, 6) is -0.0916. The minimum atomic E-state index is -0.427. The summed E-state index contributed by atoms with van der Waals surface area (Å²) in [5, 5.41) is 15.2. The highest BCUT2D eigenvalue weighted by Gasteiger charge is 2.07.